The van der Waals surface area contributed by atoms with Crippen LogP contribution in [0.25, 0.3) is 0 Å². The molecule has 0 amide bonds. The van der Waals surface area contributed by atoms with Gasteiger partial charge in [0.2, 0.25) is 0 Å². The lowest BCUT2D eigenvalue weighted by molar-refractivity contribution is 0.505. The van der Waals surface area contributed by atoms with E-state index < -0.39 is 0 Å². The van der Waals surface area contributed by atoms with Crippen molar-refractivity contribution in [2.45, 2.75) is 18.3 Å². The van der Waals surface area contributed by atoms with Crippen molar-refractivity contribution in [2.75, 3.05) is 10.7 Å². The molecule has 18 heavy (non-hydrogen) atoms. The molecule has 0 unspecified atom stereocenters. The highest BCUT2D eigenvalue weighted by Crippen LogP contribution is 2.33. The van der Waals surface area contributed by atoms with Gasteiger partial charge in [0.25, 0.3) is 0 Å². The van der Waals surface area contributed by atoms with Crippen LogP contribution in [0.5, 0.6) is 0 Å². The number of rotatable bonds is 6. The summed E-state index contributed by atoms with van der Waals surface area (Å²) in [5, 5.41) is 6.37. The Labute approximate surface area is 130 Å². The predicted molar refractivity (Wildman–Crippen MR) is 88.3 cm³/mol. The van der Waals surface area contributed by atoms with Crippen molar-refractivity contribution in [1.29, 1.82) is 0 Å². The number of hydrogen-bond acceptors (Lipinski definition) is 1. The van der Waals surface area contributed by atoms with Gasteiger partial charge in [-0.1, -0.05) is 62.2 Å². The SMILES string of the molecule is BrCC(CBr)(CCc1ccsc1)c1ccccc1. The van der Waals surface area contributed by atoms with Crippen LogP contribution in [0.1, 0.15) is 17.5 Å². The molecule has 0 spiro atoms. The molecule has 0 saturated carbocycles. The fourth-order valence-corrected chi connectivity index (χ4v) is 4.92. The molecule has 0 atom stereocenters. The summed E-state index contributed by atoms with van der Waals surface area (Å²) in [5.41, 5.74) is 3.04. The molecular weight excluding hydrogens is 372 g/mol. The van der Waals surface area contributed by atoms with Gasteiger partial charge in [0.15, 0.2) is 0 Å². The van der Waals surface area contributed by atoms with Gasteiger partial charge >= 0.3 is 0 Å². The quantitative estimate of drug-likeness (QED) is 0.581. The van der Waals surface area contributed by atoms with Gasteiger partial charge in [0.05, 0.1) is 0 Å². The minimum Gasteiger partial charge on any atom is -0.152 e. The largest absolute Gasteiger partial charge is 0.152 e. The number of aryl methyl sites for hydroxylation is 1. The molecule has 1 aromatic carbocycles. The molecule has 0 saturated heterocycles. The van der Waals surface area contributed by atoms with Crippen molar-refractivity contribution in [3.05, 3.63) is 58.3 Å². The molecule has 0 bridgehead atoms. The van der Waals surface area contributed by atoms with E-state index in [9.17, 15) is 0 Å². The van der Waals surface area contributed by atoms with Gasteiger partial charge in [-0.25, -0.2) is 0 Å². The smallest absolute Gasteiger partial charge is 0.0150 e. The molecule has 0 nitrogen and oxygen atoms in total. The highest BCUT2D eigenvalue weighted by atomic mass is 79.9. The lowest BCUT2D eigenvalue weighted by atomic mass is 9.80. The highest BCUT2D eigenvalue weighted by molar-refractivity contribution is 9.09. The van der Waals surface area contributed by atoms with E-state index in [-0.39, 0.29) is 5.41 Å². The fraction of sp³-hybridized carbons (Fsp3) is 0.333. The molecule has 0 aliphatic carbocycles. The van der Waals surface area contributed by atoms with E-state index in [0.29, 0.717) is 0 Å². The molecule has 96 valence electrons. The molecule has 1 aromatic heterocycles. The van der Waals surface area contributed by atoms with Gasteiger partial charge in [-0.15, -0.1) is 0 Å². The van der Waals surface area contributed by atoms with Crippen LogP contribution in [-0.2, 0) is 11.8 Å². The fourth-order valence-electron chi connectivity index (χ4n) is 2.08. The Morgan fingerprint density at radius 3 is 2.28 bits per heavy atom. The van der Waals surface area contributed by atoms with E-state index in [1.165, 1.54) is 11.1 Å². The topological polar surface area (TPSA) is 0 Å². The van der Waals surface area contributed by atoms with Gasteiger partial charge in [-0.2, -0.15) is 11.3 Å². The average molecular weight is 388 g/mol. The van der Waals surface area contributed by atoms with E-state index in [4.69, 9.17) is 0 Å². The van der Waals surface area contributed by atoms with Crippen molar-refractivity contribution < 1.29 is 0 Å². The summed E-state index contributed by atoms with van der Waals surface area (Å²) >= 11 is 9.19. The molecule has 0 aliphatic rings. The van der Waals surface area contributed by atoms with Gasteiger partial charge < -0.3 is 0 Å². The maximum absolute atomic E-state index is 3.71. The van der Waals surface area contributed by atoms with Crippen LogP contribution in [0.4, 0.5) is 0 Å². The summed E-state index contributed by atoms with van der Waals surface area (Å²) < 4.78 is 0. The van der Waals surface area contributed by atoms with Crippen LogP contribution in [0.15, 0.2) is 47.2 Å². The summed E-state index contributed by atoms with van der Waals surface area (Å²) in [6.07, 6.45) is 2.29. The number of halogens is 2. The average Bonchev–Trinajstić information content (AvgIpc) is 2.95. The van der Waals surface area contributed by atoms with Crippen LogP contribution < -0.4 is 0 Å². The number of hydrogen-bond donors (Lipinski definition) is 0. The zero-order valence-electron chi connectivity index (χ0n) is 10.1. The standard InChI is InChI=1S/C15H16Br2S/c16-11-15(12-17,14-4-2-1-3-5-14)8-6-13-7-9-18-10-13/h1-5,7,9-10H,6,8,11-12H2. The summed E-state index contributed by atoms with van der Waals surface area (Å²) in [6.45, 7) is 0. The number of benzene rings is 1. The van der Waals surface area contributed by atoms with E-state index >= 15 is 0 Å². The summed E-state index contributed by atoms with van der Waals surface area (Å²) in [7, 11) is 0. The monoisotopic (exact) mass is 386 g/mol. The molecule has 0 aliphatic heterocycles. The summed E-state index contributed by atoms with van der Waals surface area (Å²) in [5.74, 6) is 0. The summed E-state index contributed by atoms with van der Waals surface area (Å²) in [6, 6.07) is 13.0. The Morgan fingerprint density at radius 2 is 1.72 bits per heavy atom. The second-order valence-electron chi connectivity index (χ2n) is 4.55. The maximum Gasteiger partial charge on any atom is 0.0150 e. The summed E-state index contributed by atoms with van der Waals surface area (Å²) in [4.78, 5) is 0. The Morgan fingerprint density at radius 1 is 1.00 bits per heavy atom. The third-order valence-corrected chi connectivity index (χ3v) is 6.25. The molecule has 2 rings (SSSR count). The van der Waals surface area contributed by atoms with Crippen LogP contribution in [0.3, 0.4) is 0 Å². The predicted octanol–water partition coefficient (Wildman–Crippen LogP) is 5.41. The van der Waals surface area contributed by atoms with Crippen LogP contribution in [-0.4, -0.2) is 10.7 Å². The molecule has 0 N–H and O–H groups in total. The van der Waals surface area contributed by atoms with Gasteiger partial charge in [-0.05, 0) is 40.8 Å². The maximum atomic E-state index is 3.71. The molecule has 1 heterocycles. The zero-order chi connectivity index (χ0) is 12.8. The van der Waals surface area contributed by atoms with Crippen molar-refractivity contribution in [3.8, 4) is 0 Å². The van der Waals surface area contributed by atoms with Gasteiger partial charge in [0.1, 0.15) is 0 Å². The zero-order valence-corrected chi connectivity index (χ0v) is 14.1. The first-order valence-corrected chi connectivity index (χ1v) is 9.18. The molecule has 2 aromatic rings. The first-order valence-electron chi connectivity index (χ1n) is 5.99. The van der Waals surface area contributed by atoms with E-state index in [1.807, 2.05) is 0 Å². The Bertz CT molecular complexity index is 447. The van der Waals surface area contributed by atoms with Gasteiger partial charge in [0, 0.05) is 16.1 Å². The first-order chi connectivity index (χ1) is 8.80. The van der Waals surface area contributed by atoms with Crippen molar-refractivity contribution >= 4 is 43.2 Å². The van der Waals surface area contributed by atoms with E-state index in [0.717, 1.165) is 23.5 Å². The van der Waals surface area contributed by atoms with Crippen LogP contribution >= 0.6 is 43.2 Å². The van der Waals surface area contributed by atoms with Crippen LogP contribution in [0, 0.1) is 0 Å². The Balaban J connectivity index is 2.16. The lowest BCUT2D eigenvalue weighted by Crippen LogP contribution is -2.30. The van der Waals surface area contributed by atoms with E-state index in [2.05, 4.69) is 79.0 Å². The molecule has 0 fully saturated rings. The minimum absolute atomic E-state index is 0.184. The third kappa shape index (κ3) is 3.25. The Hall–Kier alpha value is -0.120. The normalized spacial score (nSPS) is 11.7. The third-order valence-electron chi connectivity index (χ3n) is 3.37. The lowest BCUT2D eigenvalue weighted by Gasteiger charge is -2.30. The van der Waals surface area contributed by atoms with Crippen molar-refractivity contribution in [1.82, 2.24) is 0 Å². The molecular formula is C15H16Br2S. The minimum atomic E-state index is 0.184. The molecule has 0 radical (unpaired) electrons. The van der Waals surface area contributed by atoms with Gasteiger partial charge in [-0.3, -0.25) is 0 Å². The molecule has 3 heteroatoms. The number of alkyl halides is 2. The second kappa shape index (κ2) is 6.88. The number of thiophene rings is 1. The highest BCUT2D eigenvalue weighted by Gasteiger charge is 2.29. The van der Waals surface area contributed by atoms with E-state index in [1.54, 1.807) is 11.3 Å². The first kappa shape index (κ1) is 14.3. The van der Waals surface area contributed by atoms with Crippen LogP contribution in [0.2, 0.25) is 0 Å². The Kier molecular flexibility index (Phi) is 5.46. The van der Waals surface area contributed by atoms with Crippen molar-refractivity contribution in [3.63, 3.8) is 0 Å². The second-order valence-corrected chi connectivity index (χ2v) is 6.45. The van der Waals surface area contributed by atoms with Crippen molar-refractivity contribution in [2.24, 2.45) is 0 Å².